The van der Waals surface area contributed by atoms with E-state index in [0.29, 0.717) is 6.54 Å². The van der Waals surface area contributed by atoms with Gasteiger partial charge in [0.2, 0.25) is 0 Å². The van der Waals surface area contributed by atoms with Gasteiger partial charge < -0.3 is 5.73 Å². The summed E-state index contributed by atoms with van der Waals surface area (Å²) in [7, 11) is 0. The molecule has 2 N–H and O–H groups in total. The Morgan fingerprint density at radius 2 is 2.00 bits per heavy atom. The van der Waals surface area contributed by atoms with Crippen LogP contribution in [-0.4, -0.2) is 16.3 Å². The summed E-state index contributed by atoms with van der Waals surface area (Å²) in [4.78, 5) is 0. The Kier molecular flexibility index (Phi) is 4.25. The van der Waals surface area contributed by atoms with Gasteiger partial charge >= 0.3 is 0 Å². The van der Waals surface area contributed by atoms with E-state index in [-0.39, 0.29) is 5.41 Å². The van der Waals surface area contributed by atoms with Crippen LogP contribution in [0.1, 0.15) is 39.3 Å². The van der Waals surface area contributed by atoms with Crippen LogP contribution < -0.4 is 5.73 Å². The van der Waals surface area contributed by atoms with E-state index in [1.54, 1.807) is 0 Å². The van der Waals surface area contributed by atoms with Gasteiger partial charge in [-0.2, -0.15) is 5.10 Å². The molecule has 0 aliphatic carbocycles. The highest BCUT2D eigenvalue weighted by molar-refractivity contribution is 5.82. The number of rotatable bonds is 6. The van der Waals surface area contributed by atoms with Crippen LogP contribution in [0.25, 0.3) is 10.9 Å². The van der Waals surface area contributed by atoms with E-state index in [2.05, 4.69) is 49.7 Å². The minimum absolute atomic E-state index is 0.157. The van der Waals surface area contributed by atoms with Crippen molar-refractivity contribution in [3.8, 4) is 0 Å². The van der Waals surface area contributed by atoms with Crippen LogP contribution in [0.15, 0.2) is 24.3 Å². The first-order valence-electron chi connectivity index (χ1n) is 7.28. The van der Waals surface area contributed by atoms with E-state index < -0.39 is 0 Å². The molecule has 1 unspecified atom stereocenters. The van der Waals surface area contributed by atoms with Crippen molar-refractivity contribution in [1.82, 2.24) is 9.78 Å². The average Bonchev–Trinajstić information content (AvgIpc) is 2.77. The maximum atomic E-state index is 5.99. The molecule has 3 heteroatoms. The first-order valence-corrected chi connectivity index (χ1v) is 7.28. The first-order chi connectivity index (χ1) is 9.13. The molecule has 1 aromatic heterocycles. The van der Waals surface area contributed by atoms with E-state index in [1.165, 1.54) is 23.0 Å². The molecular weight excluding hydrogens is 234 g/mol. The van der Waals surface area contributed by atoms with Crippen LogP contribution in [0.3, 0.4) is 0 Å². The topological polar surface area (TPSA) is 43.8 Å². The normalized spacial score (nSPS) is 14.7. The van der Waals surface area contributed by atoms with Gasteiger partial charge in [0, 0.05) is 11.9 Å². The smallest absolute Gasteiger partial charge is 0.0709 e. The van der Waals surface area contributed by atoms with Crippen molar-refractivity contribution in [1.29, 1.82) is 0 Å². The predicted molar refractivity (Wildman–Crippen MR) is 81.2 cm³/mol. The van der Waals surface area contributed by atoms with Gasteiger partial charge in [-0.25, -0.2) is 0 Å². The number of benzene rings is 1. The fourth-order valence-corrected chi connectivity index (χ4v) is 2.84. The number of nitrogens with zero attached hydrogens (tertiary/aromatic N) is 2. The van der Waals surface area contributed by atoms with Crippen LogP contribution in [-0.2, 0) is 13.0 Å². The standard InChI is InChI=1S/C16H25N3/c1-4-10-16(3,12-17)11-14-13-8-6-7-9-15(13)19(5-2)18-14/h6-9H,4-5,10-12,17H2,1-3H3. The third kappa shape index (κ3) is 2.81. The van der Waals surface area contributed by atoms with Gasteiger partial charge in [0.1, 0.15) is 0 Å². The lowest BCUT2D eigenvalue weighted by Gasteiger charge is -2.26. The van der Waals surface area contributed by atoms with Crippen molar-refractivity contribution < 1.29 is 0 Å². The maximum Gasteiger partial charge on any atom is 0.0709 e. The average molecular weight is 259 g/mol. The number of para-hydroxylation sites is 1. The maximum absolute atomic E-state index is 5.99. The minimum Gasteiger partial charge on any atom is -0.330 e. The lowest BCUT2D eigenvalue weighted by molar-refractivity contribution is 0.299. The Morgan fingerprint density at radius 1 is 1.26 bits per heavy atom. The monoisotopic (exact) mass is 259 g/mol. The van der Waals surface area contributed by atoms with Crippen molar-refractivity contribution in [3.05, 3.63) is 30.0 Å². The molecule has 0 saturated heterocycles. The zero-order chi connectivity index (χ0) is 13.9. The Morgan fingerprint density at radius 3 is 2.63 bits per heavy atom. The van der Waals surface area contributed by atoms with Crippen molar-refractivity contribution in [2.75, 3.05) is 6.54 Å². The van der Waals surface area contributed by atoms with Crippen LogP contribution in [0, 0.1) is 5.41 Å². The van der Waals surface area contributed by atoms with Gasteiger partial charge in [-0.3, -0.25) is 4.68 Å². The largest absolute Gasteiger partial charge is 0.330 e. The Balaban J connectivity index is 2.40. The summed E-state index contributed by atoms with van der Waals surface area (Å²) in [6.45, 7) is 8.26. The highest BCUT2D eigenvalue weighted by Crippen LogP contribution is 2.30. The van der Waals surface area contributed by atoms with Crippen molar-refractivity contribution in [2.45, 2.75) is 46.6 Å². The Labute approximate surface area is 115 Å². The molecule has 19 heavy (non-hydrogen) atoms. The van der Waals surface area contributed by atoms with Gasteiger partial charge in [0.15, 0.2) is 0 Å². The third-order valence-electron chi connectivity index (χ3n) is 3.97. The summed E-state index contributed by atoms with van der Waals surface area (Å²) in [5, 5.41) is 6.06. The summed E-state index contributed by atoms with van der Waals surface area (Å²) >= 11 is 0. The molecule has 1 atom stereocenters. The fraction of sp³-hybridized carbons (Fsp3) is 0.562. The zero-order valence-electron chi connectivity index (χ0n) is 12.3. The predicted octanol–water partition coefficient (Wildman–Crippen LogP) is 3.36. The van der Waals surface area contributed by atoms with E-state index in [4.69, 9.17) is 10.8 Å². The van der Waals surface area contributed by atoms with Gasteiger partial charge in [0.05, 0.1) is 11.2 Å². The summed E-state index contributed by atoms with van der Waals surface area (Å²) in [5.41, 5.74) is 8.57. The number of nitrogens with two attached hydrogens (primary N) is 1. The minimum atomic E-state index is 0.157. The van der Waals surface area contributed by atoms with Gasteiger partial charge in [-0.1, -0.05) is 38.5 Å². The summed E-state index contributed by atoms with van der Waals surface area (Å²) in [6, 6.07) is 8.49. The molecule has 1 heterocycles. The third-order valence-corrected chi connectivity index (χ3v) is 3.97. The van der Waals surface area contributed by atoms with Gasteiger partial charge in [0.25, 0.3) is 0 Å². The Bertz CT molecular complexity index is 544. The first kappa shape index (κ1) is 14.1. The quantitative estimate of drug-likeness (QED) is 0.864. The molecule has 2 rings (SSSR count). The van der Waals surface area contributed by atoms with Gasteiger partial charge in [-0.05, 0) is 37.8 Å². The number of fused-ring (bicyclic) bond motifs is 1. The molecule has 0 amide bonds. The second kappa shape index (κ2) is 5.74. The Hall–Kier alpha value is -1.35. The SMILES string of the molecule is CCCC(C)(CN)Cc1nn(CC)c2ccccc12. The molecule has 0 fully saturated rings. The second-order valence-corrected chi connectivity index (χ2v) is 5.72. The molecule has 0 bridgehead atoms. The molecule has 0 saturated carbocycles. The molecule has 1 aromatic carbocycles. The van der Waals surface area contributed by atoms with Crippen LogP contribution in [0.4, 0.5) is 0 Å². The van der Waals surface area contributed by atoms with Crippen LogP contribution in [0.2, 0.25) is 0 Å². The molecule has 2 aromatic rings. The number of hydrogen-bond acceptors (Lipinski definition) is 2. The van der Waals surface area contributed by atoms with Crippen molar-refractivity contribution in [3.63, 3.8) is 0 Å². The lowest BCUT2D eigenvalue weighted by Crippen LogP contribution is -2.29. The zero-order valence-corrected chi connectivity index (χ0v) is 12.3. The van der Waals surface area contributed by atoms with E-state index in [1.807, 2.05) is 0 Å². The molecule has 0 radical (unpaired) electrons. The van der Waals surface area contributed by atoms with E-state index in [9.17, 15) is 0 Å². The summed E-state index contributed by atoms with van der Waals surface area (Å²) < 4.78 is 2.09. The second-order valence-electron chi connectivity index (χ2n) is 5.72. The van der Waals surface area contributed by atoms with Gasteiger partial charge in [-0.15, -0.1) is 0 Å². The molecule has 3 nitrogen and oxygen atoms in total. The lowest BCUT2D eigenvalue weighted by atomic mass is 9.81. The van der Waals surface area contributed by atoms with Crippen LogP contribution >= 0.6 is 0 Å². The number of aryl methyl sites for hydroxylation is 1. The fourth-order valence-electron chi connectivity index (χ4n) is 2.84. The van der Waals surface area contributed by atoms with E-state index in [0.717, 1.165) is 19.4 Å². The van der Waals surface area contributed by atoms with Crippen LogP contribution in [0.5, 0.6) is 0 Å². The van der Waals surface area contributed by atoms with Crippen molar-refractivity contribution >= 4 is 10.9 Å². The summed E-state index contributed by atoms with van der Waals surface area (Å²) in [6.07, 6.45) is 3.28. The molecule has 0 aliphatic rings. The van der Waals surface area contributed by atoms with Crippen molar-refractivity contribution in [2.24, 2.45) is 11.1 Å². The number of hydrogen-bond donors (Lipinski definition) is 1. The molecule has 0 spiro atoms. The number of aromatic nitrogens is 2. The molecule has 104 valence electrons. The summed E-state index contributed by atoms with van der Waals surface area (Å²) in [5.74, 6) is 0. The molecular formula is C16H25N3. The highest BCUT2D eigenvalue weighted by atomic mass is 15.3. The van der Waals surface area contributed by atoms with E-state index >= 15 is 0 Å². The molecule has 0 aliphatic heterocycles. The highest BCUT2D eigenvalue weighted by Gasteiger charge is 2.24.